The molecule has 2 fully saturated rings. The Labute approximate surface area is 81.9 Å². The summed E-state index contributed by atoms with van der Waals surface area (Å²) in [6.45, 7) is 0. The highest BCUT2D eigenvalue weighted by Gasteiger charge is 2.58. The Morgan fingerprint density at radius 1 is 1.50 bits per heavy atom. The van der Waals surface area contributed by atoms with E-state index in [-0.39, 0.29) is 17.1 Å². The van der Waals surface area contributed by atoms with Crippen LogP contribution in [0.2, 0.25) is 0 Å². The van der Waals surface area contributed by atoms with Crippen molar-refractivity contribution < 1.29 is 4.39 Å². The largest absolute Gasteiger partial charge is 0.380 e. The zero-order valence-corrected chi connectivity index (χ0v) is 8.02. The molecule has 1 heterocycles. The fourth-order valence-corrected chi connectivity index (χ4v) is 3.00. The second-order valence-electron chi connectivity index (χ2n) is 4.60. The van der Waals surface area contributed by atoms with Gasteiger partial charge in [0.1, 0.15) is 0 Å². The minimum absolute atomic E-state index is 0.0191. The molecule has 2 saturated carbocycles. The Kier molecular flexibility index (Phi) is 1.47. The van der Waals surface area contributed by atoms with E-state index in [1.807, 2.05) is 0 Å². The smallest absolute Gasteiger partial charge is 0.188 e. The number of aromatic amines is 1. The Balaban J connectivity index is 1.99. The van der Waals surface area contributed by atoms with E-state index >= 15 is 0 Å². The molecule has 2 atom stereocenters. The molecule has 0 saturated heterocycles. The van der Waals surface area contributed by atoms with E-state index in [0.29, 0.717) is 11.6 Å². The van der Waals surface area contributed by atoms with Gasteiger partial charge >= 0.3 is 0 Å². The van der Waals surface area contributed by atoms with Crippen molar-refractivity contribution in [1.82, 2.24) is 10.2 Å². The second-order valence-corrected chi connectivity index (χ2v) is 4.60. The van der Waals surface area contributed by atoms with E-state index in [1.54, 1.807) is 0 Å². The van der Waals surface area contributed by atoms with Gasteiger partial charge in [-0.3, -0.25) is 5.10 Å². The Morgan fingerprint density at radius 2 is 2.36 bits per heavy atom. The summed E-state index contributed by atoms with van der Waals surface area (Å²) >= 11 is 0. The molecule has 1 aromatic heterocycles. The topological polar surface area (TPSA) is 54.7 Å². The molecule has 2 aliphatic carbocycles. The van der Waals surface area contributed by atoms with Crippen LogP contribution in [0.15, 0.2) is 0 Å². The number of anilines is 1. The number of fused-ring (bicyclic) bond motifs is 1. The average Bonchev–Trinajstić information content (AvgIpc) is 2.84. The quantitative estimate of drug-likeness (QED) is 0.719. The summed E-state index contributed by atoms with van der Waals surface area (Å²) in [7, 11) is 0. The maximum atomic E-state index is 13.6. The van der Waals surface area contributed by atoms with Gasteiger partial charge in [0.15, 0.2) is 11.6 Å². The molecule has 14 heavy (non-hydrogen) atoms. The lowest BCUT2D eigenvalue weighted by molar-refractivity contribution is 0.408. The number of aromatic nitrogens is 2. The van der Waals surface area contributed by atoms with Crippen LogP contribution >= 0.6 is 0 Å². The minimum atomic E-state index is -0.311. The van der Waals surface area contributed by atoms with Gasteiger partial charge in [-0.1, -0.05) is 12.8 Å². The van der Waals surface area contributed by atoms with E-state index < -0.39 is 0 Å². The Bertz CT molecular complexity index is 373. The summed E-state index contributed by atoms with van der Waals surface area (Å²) in [6, 6.07) is 0. The van der Waals surface area contributed by atoms with Crippen molar-refractivity contribution in [2.75, 3.05) is 5.73 Å². The summed E-state index contributed by atoms with van der Waals surface area (Å²) in [6.07, 6.45) is 5.94. The van der Waals surface area contributed by atoms with E-state index in [1.165, 1.54) is 19.3 Å². The van der Waals surface area contributed by atoms with E-state index in [2.05, 4.69) is 10.2 Å². The molecule has 4 heteroatoms. The van der Waals surface area contributed by atoms with Crippen molar-refractivity contribution in [2.45, 2.75) is 37.5 Å². The molecule has 0 spiro atoms. The van der Waals surface area contributed by atoms with Crippen molar-refractivity contribution in [1.29, 1.82) is 0 Å². The summed E-state index contributed by atoms with van der Waals surface area (Å²) in [5.41, 5.74) is 6.15. The van der Waals surface area contributed by atoms with Gasteiger partial charge in [0, 0.05) is 5.41 Å². The van der Waals surface area contributed by atoms with Gasteiger partial charge in [-0.2, -0.15) is 5.10 Å². The van der Waals surface area contributed by atoms with Crippen LogP contribution in [0.1, 0.15) is 37.8 Å². The minimum Gasteiger partial charge on any atom is -0.380 e. The third kappa shape index (κ3) is 0.885. The number of nitrogens with one attached hydrogen (secondary N) is 1. The summed E-state index contributed by atoms with van der Waals surface area (Å²) in [5, 5.41) is 6.52. The van der Waals surface area contributed by atoms with E-state index in [9.17, 15) is 4.39 Å². The molecule has 0 aliphatic heterocycles. The Morgan fingerprint density at radius 3 is 3.00 bits per heavy atom. The molecule has 0 aromatic carbocycles. The van der Waals surface area contributed by atoms with Gasteiger partial charge in [-0.05, 0) is 25.2 Å². The van der Waals surface area contributed by atoms with Crippen LogP contribution in [-0.2, 0) is 5.41 Å². The standard InChI is InChI=1S/C10H14FN3/c11-7-8(13-14-9(7)12)10-4-2-1-3-6(10)5-10/h6H,1-5H2,(H3,12,13,14). The van der Waals surface area contributed by atoms with Crippen LogP contribution in [-0.4, -0.2) is 10.2 Å². The third-order valence-corrected chi connectivity index (χ3v) is 3.89. The van der Waals surface area contributed by atoms with Crippen LogP contribution in [0.5, 0.6) is 0 Å². The molecule has 1 aromatic rings. The van der Waals surface area contributed by atoms with Gasteiger partial charge in [0.25, 0.3) is 0 Å². The Hall–Kier alpha value is -1.06. The number of H-pyrrole nitrogens is 1. The van der Waals surface area contributed by atoms with Crippen LogP contribution < -0.4 is 5.73 Å². The maximum Gasteiger partial charge on any atom is 0.188 e. The number of hydrogen-bond donors (Lipinski definition) is 2. The highest BCUT2D eigenvalue weighted by molar-refractivity contribution is 5.39. The first-order valence-corrected chi connectivity index (χ1v) is 5.24. The predicted molar refractivity (Wildman–Crippen MR) is 51.2 cm³/mol. The molecule has 0 bridgehead atoms. The zero-order chi connectivity index (χ0) is 9.76. The first-order chi connectivity index (χ1) is 6.74. The van der Waals surface area contributed by atoms with Crippen molar-refractivity contribution in [3.05, 3.63) is 11.5 Å². The average molecular weight is 195 g/mol. The molecule has 3 nitrogen and oxygen atoms in total. The number of halogens is 1. The highest BCUT2D eigenvalue weighted by Crippen LogP contribution is 2.62. The van der Waals surface area contributed by atoms with Crippen molar-refractivity contribution in [3.8, 4) is 0 Å². The fourth-order valence-electron chi connectivity index (χ4n) is 3.00. The molecule has 76 valence electrons. The van der Waals surface area contributed by atoms with Crippen LogP contribution in [0.25, 0.3) is 0 Å². The van der Waals surface area contributed by atoms with E-state index in [0.717, 1.165) is 12.8 Å². The van der Waals surface area contributed by atoms with E-state index in [4.69, 9.17) is 5.73 Å². The van der Waals surface area contributed by atoms with Gasteiger partial charge in [-0.15, -0.1) is 0 Å². The lowest BCUT2D eigenvalue weighted by atomic mass is 9.86. The lowest BCUT2D eigenvalue weighted by Gasteiger charge is -2.20. The normalized spacial score (nSPS) is 35.4. The van der Waals surface area contributed by atoms with Gasteiger partial charge in [0.05, 0.1) is 5.69 Å². The van der Waals surface area contributed by atoms with Gasteiger partial charge < -0.3 is 5.73 Å². The summed E-state index contributed by atoms with van der Waals surface area (Å²) in [5.74, 6) is 0.380. The van der Waals surface area contributed by atoms with Crippen LogP contribution in [0.4, 0.5) is 10.2 Å². The molecule has 2 unspecified atom stereocenters. The SMILES string of the molecule is Nc1n[nH]c(C23CCCCC2C3)c1F. The first-order valence-electron chi connectivity index (χ1n) is 5.24. The predicted octanol–water partition coefficient (Wildman–Crippen LogP) is 1.96. The van der Waals surface area contributed by atoms with Gasteiger partial charge in [-0.25, -0.2) is 4.39 Å². The van der Waals surface area contributed by atoms with Gasteiger partial charge in [0.2, 0.25) is 0 Å². The highest BCUT2D eigenvalue weighted by atomic mass is 19.1. The number of rotatable bonds is 1. The first kappa shape index (κ1) is 8.26. The molecular weight excluding hydrogens is 181 g/mol. The third-order valence-electron chi connectivity index (χ3n) is 3.89. The molecule has 2 aliphatic rings. The maximum absolute atomic E-state index is 13.6. The number of nitrogens with two attached hydrogens (primary N) is 1. The number of nitrogen functional groups attached to an aromatic ring is 1. The van der Waals surface area contributed by atoms with Crippen LogP contribution in [0, 0.1) is 11.7 Å². The molecule has 3 N–H and O–H groups in total. The lowest BCUT2D eigenvalue weighted by Crippen LogP contribution is -2.16. The molecule has 3 rings (SSSR count). The number of nitrogens with zero attached hydrogens (tertiary/aromatic N) is 1. The zero-order valence-electron chi connectivity index (χ0n) is 8.02. The summed E-state index contributed by atoms with van der Waals surface area (Å²) < 4.78 is 13.6. The monoisotopic (exact) mass is 195 g/mol. The van der Waals surface area contributed by atoms with Crippen molar-refractivity contribution >= 4 is 5.82 Å². The van der Waals surface area contributed by atoms with Crippen molar-refractivity contribution in [3.63, 3.8) is 0 Å². The van der Waals surface area contributed by atoms with Crippen molar-refractivity contribution in [2.24, 2.45) is 5.92 Å². The van der Waals surface area contributed by atoms with Crippen LogP contribution in [0.3, 0.4) is 0 Å². The molecule has 0 radical (unpaired) electrons. The molecule has 0 amide bonds. The second kappa shape index (κ2) is 2.49. The summed E-state index contributed by atoms with van der Waals surface area (Å²) in [4.78, 5) is 0. The number of hydrogen-bond acceptors (Lipinski definition) is 2. The molecular formula is C10H14FN3. The fraction of sp³-hybridized carbons (Fsp3) is 0.700.